The fourth-order valence-electron chi connectivity index (χ4n) is 3.19. The SMILES string of the molecule is CCCc1ccc(C(C)(O)CC(N)OCc2cc(C(F)(F)F)cc(C(F)(F)F)c2)cc1. The molecule has 0 aliphatic heterocycles. The molecule has 0 saturated carbocycles. The number of benzene rings is 2. The van der Waals surface area contributed by atoms with E-state index >= 15 is 0 Å². The monoisotopic (exact) mass is 449 g/mol. The van der Waals surface area contributed by atoms with Crippen molar-refractivity contribution in [3.05, 3.63) is 70.3 Å². The molecule has 2 unspecified atom stereocenters. The van der Waals surface area contributed by atoms with Crippen LogP contribution in [-0.2, 0) is 35.7 Å². The number of nitrogens with two attached hydrogens (primary N) is 1. The zero-order valence-electron chi connectivity index (χ0n) is 17.1. The Morgan fingerprint density at radius 3 is 1.84 bits per heavy atom. The summed E-state index contributed by atoms with van der Waals surface area (Å²) in [5, 5.41) is 10.7. The van der Waals surface area contributed by atoms with E-state index in [4.69, 9.17) is 10.5 Å². The summed E-state index contributed by atoms with van der Waals surface area (Å²) in [6.45, 7) is 2.99. The molecule has 0 heterocycles. The third-order valence-corrected chi connectivity index (χ3v) is 4.82. The van der Waals surface area contributed by atoms with Crippen molar-refractivity contribution in [2.24, 2.45) is 5.73 Å². The van der Waals surface area contributed by atoms with Gasteiger partial charge in [0.15, 0.2) is 0 Å². The molecule has 3 N–H and O–H groups in total. The van der Waals surface area contributed by atoms with Crippen LogP contribution in [0.1, 0.15) is 54.5 Å². The summed E-state index contributed by atoms with van der Waals surface area (Å²) < 4.78 is 83.0. The molecule has 0 saturated heterocycles. The van der Waals surface area contributed by atoms with E-state index in [0.717, 1.165) is 18.4 Å². The standard InChI is InChI=1S/C22H25F6NO2/c1-3-4-14-5-7-16(8-6-14)20(2,30)12-19(29)31-13-15-9-17(21(23,24)25)11-18(10-15)22(26,27)28/h5-11,19,30H,3-4,12-13,29H2,1-2H3. The van der Waals surface area contributed by atoms with Crippen LogP contribution in [-0.4, -0.2) is 11.3 Å². The van der Waals surface area contributed by atoms with Crippen LogP contribution in [0.15, 0.2) is 42.5 Å². The Morgan fingerprint density at radius 2 is 1.39 bits per heavy atom. The van der Waals surface area contributed by atoms with Gasteiger partial charge in [0, 0.05) is 6.42 Å². The van der Waals surface area contributed by atoms with Crippen molar-refractivity contribution < 1.29 is 36.2 Å². The van der Waals surface area contributed by atoms with Gasteiger partial charge in [0.2, 0.25) is 0 Å². The second-order valence-corrected chi connectivity index (χ2v) is 7.69. The molecule has 2 rings (SSSR count). The van der Waals surface area contributed by atoms with Crippen molar-refractivity contribution in [2.45, 2.75) is 63.9 Å². The predicted octanol–water partition coefficient (Wildman–Crippen LogP) is 5.78. The van der Waals surface area contributed by atoms with E-state index < -0.39 is 41.9 Å². The van der Waals surface area contributed by atoms with E-state index in [1.54, 1.807) is 12.1 Å². The van der Waals surface area contributed by atoms with Crippen molar-refractivity contribution >= 4 is 0 Å². The maximum atomic E-state index is 13.0. The van der Waals surface area contributed by atoms with E-state index in [1.165, 1.54) is 6.92 Å². The summed E-state index contributed by atoms with van der Waals surface area (Å²) in [4.78, 5) is 0. The van der Waals surface area contributed by atoms with E-state index in [1.807, 2.05) is 19.1 Å². The highest BCUT2D eigenvalue weighted by Gasteiger charge is 2.37. The van der Waals surface area contributed by atoms with Crippen molar-refractivity contribution in [3.63, 3.8) is 0 Å². The van der Waals surface area contributed by atoms with Crippen LogP contribution in [0.3, 0.4) is 0 Å². The molecule has 0 amide bonds. The lowest BCUT2D eigenvalue weighted by atomic mass is 9.91. The predicted molar refractivity (Wildman–Crippen MR) is 104 cm³/mol. The van der Waals surface area contributed by atoms with Gasteiger partial charge in [-0.15, -0.1) is 0 Å². The zero-order valence-corrected chi connectivity index (χ0v) is 17.1. The molecule has 0 aliphatic carbocycles. The number of alkyl halides is 6. The highest BCUT2D eigenvalue weighted by molar-refractivity contribution is 5.33. The quantitative estimate of drug-likeness (QED) is 0.397. The molecule has 172 valence electrons. The first kappa shape index (κ1) is 25.2. The first-order valence-electron chi connectivity index (χ1n) is 9.69. The number of hydrogen-bond donors (Lipinski definition) is 2. The summed E-state index contributed by atoms with van der Waals surface area (Å²) in [7, 11) is 0. The van der Waals surface area contributed by atoms with E-state index in [9.17, 15) is 31.4 Å². The summed E-state index contributed by atoms with van der Waals surface area (Å²) in [5.41, 5.74) is 2.96. The van der Waals surface area contributed by atoms with Crippen molar-refractivity contribution in [1.82, 2.24) is 0 Å². The molecule has 0 spiro atoms. The topological polar surface area (TPSA) is 55.5 Å². The molecule has 2 aromatic rings. The van der Waals surface area contributed by atoms with Gasteiger partial charge in [0.25, 0.3) is 0 Å². The van der Waals surface area contributed by atoms with Gasteiger partial charge in [-0.25, -0.2) is 0 Å². The van der Waals surface area contributed by atoms with Gasteiger partial charge in [-0.05, 0) is 48.2 Å². The molecule has 2 atom stereocenters. The molecule has 0 aliphatic rings. The van der Waals surface area contributed by atoms with E-state index in [0.29, 0.717) is 17.7 Å². The zero-order chi connectivity index (χ0) is 23.4. The first-order chi connectivity index (χ1) is 14.2. The van der Waals surface area contributed by atoms with Gasteiger partial charge in [0.05, 0.1) is 23.3 Å². The highest BCUT2D eigenvalue weighted by Crippen LogP contribution is 2.36. The molecule has 2 aromatic carbocycles. The van der Waals surface area contributed by atoms with E-state index in [-0.39, 0.29) is 18.1 Å². The molecular formula is C22H25F6NO2. The second kappa shape index (κ2) is 9.58. The van der Waals surface area contributed by atoms with Crippen LogP contribution in [0, 0.1) is 0 Å². The average Bonchev–Trinajstić information content (AvgIpc) is 2.65. The summed E-state index contributed by atoms with van der Waals surface area (Å²) >= 11 is 0. The Balaban J connectivity index is 2.10. The normalized spacial score (nSPS) is 15.5. The largest absolute Gasteiger partial charge is 0.416 e. The first-order valence-corrected chi connectivity index (χ1v) is 9.69. The number of rotatable bonds is 8. The Labute approximate surface area is 176 Å². The molecule has 0 fully saturated rings. The smallest absolute Gasteiger partial charge is 0.385 e. The fraction of sp³-hybridized carbons (Fsp3) is 0.455. The van der Waals surface area contributed by atoms with E-state index in [2.05, 4.69) is 0 Å². The molecule has 0 bridgehead atoms. The van der Waals surface area contributed by atoms with Crippen molar-refractivity contribution in [3.8, 4) is 0 Å². The fourth-order valence-corrected chi connectivity index (χ4v) is 3.19. The number of halogens is 6. The van der Waals surface area contributed by atoms with Gasteiger partial charge in [-0.1, -0.05) is 37.6 Å². The van der Waals surface area contributed by atoms with Crippen LogP contribution in [0.25, 0.3) is 0 Å². The minimum absolute atomic E-state index is 0.0520. The van der Waals surface area contributed by atoms with Crippen LogP contribution in [0.5, 0.6) is 0 Å². The number of hydrogen-bond acceptors (Lipinski definition) is 3. The molecule has 9 heteroatoms. The van der Waals surface area contributed by atoms with Crippen LogP contribution in [0.2, 0.25) is 0 Å². The van der Waals surface area contributed by atoms with Crippen molar-refractivity contribution in [1.29, 1.82) is 0 Å². The maximum Gasteiger partial charge on any atom is 0.416 e. The van der Waals surface area contributed by atoms with Gasteiger partial charge in [-0.2, -0.15) is 26.3 Å². The van der Waals surface area contributed by atoms with Crippen LogP contribution in [0.4, 0.5) is 26.3 Å². The van der Waals surface area contributed by atoms with Crippen LogP contribution < -0.4 is 5.73 Å². The second-order valence-electron chi connectivity index (χ2n) is 7.69. The number of aliphatic hydroxyl groups is 1. The summed E-state index contributed by atoms with van der Waals surface area (Å²) in [6.07, 6.45) is -9.24. The molecule has 3 nitrogen and oxygen atoms in total. The lowest BCUT2D eigenvalue weighted by Crippen LogP contribution is -2.34. The summed E-state index contributed by atoms with van der Waals surface area (Å²) in [6, 6.07) is 8.48. The molecule has 0 radical (unpaired) electrons. The van der Waals surface area contributed by atoms with Gasteiger partial charge in [-0.3, -0.25) is 0 Å². The number of ether oxygens (including phenoxy) is 1. The van der Waals surface area contributed by atoms with Gasteiger partial charge >= 0.3 is 12.4 Å². The highest BCUT2D eigenvalue weighted by atomic mass is 19.4. The molecule has 31 heavy (non-hydrogen) atoms. The Kier molecular flexibility index (Phi) is 7.78. The Bertz CT molecular complexity index is 828. The summed E-state index contributed by atoms with van der Waals surface area (Å²) in [5.74, 6) is 0. The average molecular weight is 449 g/mol. The third-order valence-electron chi connectivity index (χ3n) is 4.82. The maximum absolute atomic E-state index is 13.0. The van der Waals surface area contributed by atoms with Gasteiger partial charge in [0.1, 0.15) is 6.23 Å². The van der Waals surface area contributed by atoms with Crippen LogP contribution >= 0.6 is 0 Å². The number of aryl methyl sites for hydroxylation is 1. The Hall–Kier alpha value is -2.10. The molecule has 0 aromatic heterocycles. The lowest BCUT2D eigenvalue weighted by molar-refractivity contribution is -0.143. The minimum atomic E-state index is -4.94. The third kappa shape index (κ3) is 7.22. The molecular weight excluding hydrogens is 424 g/mol. The van der Waals surface area contributed by atoms with Gasteiger partial charge < -0.3 is 15.6 Å². The minimum Gasteiger partial charge on any atom is -0.385 e. The van der Waals surface area contributed by atoms with Crippen molar-refractivity contribution in [2.75, 3.05) is 0 Å². The lowest BCUT2D eigenvalue weighted by Gasteiger charge is -2.27. The Morgan fingerprint density at radius 1 is 0.871 bits per heavy atom.